The van der Waals surface area contributed by atoms with E-state index in [0.717, 1.165) is 0 Å². The molecule has 0 spiro atoms. The van der Waals surface area contributed by atoms with Crippen LogP contribution in [0.3, 0.4) is 0 Å². The average molecular weight is 342 g/mol. The van der Waals surface area contributed by atoms with Crippen LogP contribution in [0.15, 0.2) is 0 Å². The maximum Gasteiger partial charge on any atom is 0.189 e. The minimum absolute atomic E-state index is 0.706. The van der Waals surface area contributed by atoms with Gasteiger partial charge < -0.3 is 50.3 Å². The normalized spacial score (nSPS) is 35.6. The van der Waals surface area contributed by atoms with Crippen molar-refractivity contribution in [3.63, 3.8) is 0 Å². The third-order valence-corrected chi connectivity index (χ3v) is 3.53. The van der Waals surface area contributed by atoms with E-state index < -0.39 is 74.6 Å². The Balaban J connectivity index is 2.79. The zero-order valence-electron chi connectivity index (χ0n) is 12.0. The fourth-order valence-electron chi connectivity index (χ4n) is 2.07. The lowest BCUT2D eigenvalue weighted by Crippen LogP contribution is -2.61. The molecule has 0 unspecified atom stereocenters. The molecule has 11 heteroatoms. The van der Waals surface area contributed by atoms with Crippen LogP contribution in [0.1, 0.15) is 0 Å². The molecule has 11 nitrogen and oxygen atoms in total. The Labute approximate surface area is 130 Å². The SMILES string of the molecule is O=C(CO)[C@@H](O)[C@H](O)[C@H](CO)O[C@@H]1O[C@H](CO)[C@@H](O)[C@H](O)[C@H]1O. The number of carbonyl (C=O) groups excluding carboxylic acids is 1. The van der Waals surface area contributed by atoms with Crippen LogP contribution in [0.5, 0.6) is 0 Å². The largest absolute Gasteiger partial charge is 0.394 e. The molecule has 0 saturated carbocycles. The van der Waals surface area contributed by atoms with Gasteiger partial charge >= 0.3 is 0 Å². The van der Waals surface area contributed by atoms with Crippen molar-refractivity contribution in [3.05, 3.63) is 0 Å². The van der Waals surface area contributed by atoms with Crippen molar-refractivity contribution >= 4 is 5.78 Å². The van der Waals surface area contributed by atoms with Gasteiger partial charge in [0.2, 0.25) is 0 Å². The zero-order chi connectivity index (χ0) is 17.7. The lowest BCUT2D eigenvalue weighted by molar-refractivity contribution is -0.321. The quantitative estimate of drug-likeness (QED) is 0.209. The van der Waals surface area contributed by atoms with Gasteiger partial charge in [0.05, 0.1) is 13.2 Å². The Morgan fingerprint density at radius 1 is 1.04 bits per heavy atom. The summed E-state index contributed by atoms with van der Waals surface area (Å²) in [5.41, 5.74) is 0. The van der Waals surface area contributed by atoms with Crippen molar-refractivity contribution in [2.75, 3.05) is 19.8 Å². The summed E-state index contributed by atoms with van der Waals surface area (Å²) in [4.78, 5) is 11.1. The van der Waals surface area contributed by atoms with Gasteiger partial charge in [0, 0.05) is 0 Å². The summed E-state index contributed by atoms with van der Waals surface area (Å²) in [6, 6.07) is 0. The third-order valence-electron chi connectivity index (χ3n) is 3.53. The molecule has 1 saturated heterocycles. The van der Waals surface area contributed by atoms with Crippen molar-refractivity contribution in [2.24, 2.45) is 0 Å². The van der Waals surface area contributed by atoms with E-state index in [-0.39, 0.29) is 0 Å². The van der Waals surface area contributed by atoms with Gasteiger partial charge in [-0.25, -0.2) is 0 Å². The Morgan fingerprint density at radius 3 is 2.13 bits per heavy atom. The molecule has 1 heterocycles. The van der Waals surface area contributed by atoms with Crippen molar-refractivity contribution in [1.29, 1.82) is 0 Å². The van der Waals surface area contributed by atoms with Crippen LogP contribution in [0.25, 0.3) is 0 Å². The molecule has 8 atom stereocenters. The summed E-state index contributed by atoms with van der Waals surface area (Å²) in [5, 5.41) is 75.1. The molecule has 0 aliphatic carbocycles. The molecular weight excluding hydrogens is 320 g/mol. The molecule has 1 fully saturated rings. The summed E-state index contributed by atoms with van der Waals surface area (Å²) >= 11 is 0. The second-order valence-corrected chi connectivity index (χ2v) is 5.11. The molecule has 0 amide bonds. The minimum atomic E-state index is -2.05. The number of Topliss-reactive ketones (excluding diaryl/α,β-unsaturated/α-hetero) is 1. The second kappa shape index (κ2) is 8.94. The Bertz CT molecular complexity index is 376. The predicted molar refractivity (Wildman–Crippen MR) is 69.8 cm³/mol. The van der Waals surface area contributed by atoms with Crippen LogP contribution < -0.4 is 0 Å². The molecule has 1 rings (SSSR count). The Morgan fingerprint density at radius 2 is 1.65 bits per heavy atom. The highest BCUT2D eigenvalue weighted by molar-refractivity contribution is 5.84. The highest BCUT2D eigenvalue weighted by Crippen LogP contribution is 2.23. The van der Waals surface area contributed by atoms with Crippen molar-refractivity contribution in [2.45, 2.75) is 49.0 Å². The lowest BCUT2D eigenvalue weighted by Gasteiger charge is -2.41. The van der Waals surface area contributed by atoms with Crippen LogP contribution in [-0.4, -0.2) is 115 Å². The number of ether oxygens (including phenoxy) is 2. The number of ketones is 1. The van der Waals surface area contributed by atoms with Gasteiger partial charge in [0.1, 0.15) is 49.3 Å². The molecular formula is C12H22O11. The van der Waals surface area contributed by atoms with Crippen molar-refractivity contribution in [1.82, 2.24) is 0 Å². The first-order chi connectivity index (χ1) is 10.8. The Kier molecular flexibility index (Phi) is 7.89. The maximum atomic E-state index is 11.1. The predicted octanol–water partition coefficient (Wildman–Crippen LogP) is -5.55. The zero-order valence-corrected chi connectivity index (χ0v) is 12.0. The van der Waals surface area contributed by atoms with Crippen molar-refractivity contribution in [3.8, 4) is 0 Å². The van der Waals surface area contributed by atoms with Crippen LogP contribution >= 0.6 is 0 Å². The summed E-state index contributed by atoms with van der Waals surface area (Å²) < 4.78 is 10.0. The summed E-state index contributed by atoms with van der Waals surface area (Å²) in [7, 11) is 0. The minimum Gasteiger partial charge on any atom is -0.394 e. The molecule has 0 aromatic rings. The number of aliphatic hydroxyl groups is 8. The van der Waals surface area contributed by atoms with Gasteiger partial charge in [-0.1, -0.05) is 0 Å². The highest BCUT2D eigenvalue weighted by atomic mass is 16.7. The van der Waals surface area contributed by atoms with Crippen LogP contribution in [-0.2, 0) is 14.3 Å². The number of rotatable bonds is 8. The van der Waals surface area contributed by atoms with E-state index in [1.54, 1.807) is 0 Å². The van der Waals surface area contributed by atoms with E-state index in [0.29, 0.717) is 0 Å². The average Bonchev–Trinajstić information content (AvgIpc) is 2.57. The van der Waals surface area contributed by atoms with E-state index >= 15 is 0 Å². The van der Waals surface area contributed by atoms with E-state index in [2.05, 4.69) is 0 Å². The molecule has 8 N–H and O–H groups in total. The first-order valence-electron chi connectivity index (χ1n) is 6.85. The monoisotopic (exact) mass is 342 g/mol. The van der Waals surface area contributed by atoms with E-state index in [1.165, 1.54) is 0 Å². The fraction of sp³-hybridized carbons (Fsp3) is 0.917. The van der Waals surface area contributed by atoms with Gasteiger partial charge in [0.25, 0.3) is 0 Å². The third kappa shape index (κ3) is 4.64. The van der Waals surface area contributed by atoms with Gasteiger partial charge in [0.15, 0.2) is 12.1 Å². The lowest BCUT2D eigenvalue weighted by atomic mass is 9.99. The molecule has 0 aromatic heterocycles. The van der Waals surface area contributed by atoms with Gasteiger partial charge in [-0.05, 0) is 0 Å². The van der Waals surface area contributed by atoms with Crippen LogP contribution in [0, 0.1) is 0 Å². The Hall–Kier alpha value is -0.730. The standard InChI is InChI=1S/C12H22O11/c13-1-4(16)7(17)8(18)5(2-14)22-12-11(21)10(20)9(19)6(3-15)23-12/h5-15,17-21H,1-3H2/t5-,6+,7+,8+,9+,10-,11+,12+/m0/s1. The molecule has 1 aliphatic heterocycles. The van der Waals surface area contributed by atoms with Crippen LogP contribution in [0.4, 0.5) is 0 Å². The summed E-state index contributed by atoms with van der Waals surface area (Å²) in [6.07, 6.45) is -13.7. The first kappa shape index (κ1) is 20.3. The van der Waals surface area contributed by atoms with E-state index in [9.17, 15) is 35.4 Å². The van der Waals surface area contributed by atoms with E-state index in [1.807, 2.05) is 0 Å². The number of aliphatic hydroxyl groups excluding tert-OH is 8. The molecule has 0 radical (unpaired) electrons. The van der Waals surface area contributed by atoms with Gasteiger partial charge in [-0.15, -0.1) is 0 Å². The molecule has 0 aromatic carbocycles. The molecule has 23 heavy (non-hydrogen) atoms. The molecule has 0 bridgehead atoms. The number of carbonyl (C=O) groups is 1. The van der Waals surface area contributed by atoms with Gasteiger partial charge in [-0.3, -0.25) is 4.79 Å². The molecule has 136 valence electrons. The van der Waals surface area contributed by atoms with Crippen molar-refractivity contribution < 1.29 is 55.1 Å². The summed E-state index contributed by atoms with van der Waals surface area (Å²) in [6.45, 7) is -2.65. The fourth-order valence-corrected chi connectivity index (χ4v) is 2.07. The topological polar surface area (TPSA) is 197 Å². The maximum absolute atomic E-state index is 11.1. The number of hydrogen-bond acceptors (Lipinski definition) is 11. The number of hydrogen-bond donors (Lipinski definition) is 8. The van der Waals surface area contributed by atoms with E-state index in [4.69, 9.17) is 19.7 Å². The van der Waals surface area contributed by atoms with Crippen LogP contribution in [0.2, 0.25) is 0 Å². The highest BCUT2D eigenvalue weighted by Gasteiger charge is 2.46. The molecule has 1 aliphatic rings. The smallest absolute Gasteiger partial charge is 0.189 e. The first-order valence-corrected chi connectivity index (χ1v) is 6.85. The second-order valence-electron chi connectivity index (χ2n) is 5.11. The summed E-state index contributed by atoms with van der Waals surface area (Å²) in [5.74, 6) is -1.12. The van der Waals surface area contributed by atoms with Gasteiger partial charge in [-0.2, -0.15) is 0 Å².